The maximum absolute atomic E-state index is 11.9. The van der Waals surface area contributed by atoms with Gasteiger partial charge < -0.3 is 0 Å². The number of hydrogen-bond acceptors (Lipinski definition) is 0. The number of hydrogen-bond donors (Lipinski definition) is 0. The van der Waals surface area contributed by atoms with Gasteiger partial charge in [-0.1, -0.05) is 11.6 Å². The molecule has 0 nitrogen and oxygen atoms in total. The van der Waals surface area contributed by atoms with Crippen molar-refractivity contribution in [2.24, 2.45) is 0 Å². The number of alkyl halides is 5. The number of halogens is 8. The fourth-order valence-corrected chi connectivity index (χ4v) is 0.469. The zero-order valence-electron chi connectivity index (χ0n) is 5.02. The summed E-state index contributed by atoms with van der Waals surface area (Å²) >= 11 is 8.51. The average Bonchev–Trinajstić information content (AvgIpc) is 1.83. The predicted octanol–water partition coefficient (Wildman–Crippen LogP) is 3.80. The standard InChI is InChI=1S/C4Cl2F6/c5-1(2(6)7)3(8,9)4(10,11)12/b2-1+. The van der Waals surface area contributed by atoms with Gasteiger partial charge in [-0.2, -0.15) is 26.3 Å². The van der Waals surface area contributed by atoms with Crippen molar-refractivity contribution in [3.63, 3.8) is 0 Å². The highest BCUT2D eigenvalue weighted by Crippen LogP contribution is 2.44. The first kappa shape index (κ1) is 11.9. The van der Waals surface area contributed by atoms with Gasteiger partial charge in [-0.15, -0.1) is 0 Å². The van der Waals surface area contributed by atoms with Crippen molar-refractivity contribution in [2.75, 3.05) is 0 Å². The quantitative estimate of drug-likeness (QED) is 0.604. The lowest BCUT2D eigenvalue weighted by Crippen LogP contribution is -2.36. The summed E-state index contributed by atoms with van der Waals surface area (Å²) in [7, 11) is 0. The first-order valence-electron chi connectivity index (χ1n) is 2.26. The van der Waals surface area contributed by atoms with Gasteiger partial charge >= 0.3 is 12.1 Å². The average molecular weight is 233 g/mol. The molecule has 0 saturated heterocycles. The Morgan fingerprint density at radius 1 is 0.917 bits per heavy atom. The topological polar surface area (TPSA) is 0 Å². The third-order valence-corrected chi connectivity index (χ3v) is 1.49. The molecule has 0 aliphatic rings. The minimum atomic E-state index is -5.95. The van der Waals surface area contributed by atoms with E-state index >= 15 is 0 Å². The summed E-state index contributed by atoms with van der Waals surface area (Å²) in [6.07, 6.45) is -5.95. The molecule has 0 heterocycles. The Kier molecular flexibility index (Phi) is 3.31. The van der Waals surface area contributed by atoms with E-state index in [0.717, 1.165) is 0 Å². The van der Waals surface area contributed by atoms with Crippen LogP contribution in [0.5, 0.6) is 0 Å². The molecule has 0 bridgehead atoms. The molecular formula is C4Cl2F6. The van der Waals surface area contributed by atoms with Crippen molar-refractivity contribution >= 4 is 23.2 Å². The van der Waals surface area contributed by atoms with Crippen LogP contribution in [0.1, 0.15) is 0 Å². The van der Waals surface area contributed by atoms with Crippen LogP contribution in [0.4, 0.5) is 26.3 Å². The Hall–Kier alpha value is -0.100. The molecule has 0 spiro atoms. The fraction of sp³-hybridized carbons (Fsp3) is 0.500. The molecule has 0 radical (unpaired) electrons. The molecule has 0 amide bonds. The molecule has 0 rings (SSSR count). The zero-order chi connectivity index (χ0) is 10.2. The summed E-state index contributed by atoms with van der Waals surface area (Å²) in [4.78, 5) is 0. The van der Waals surface area contributed by atoms with Crippen molar-refractivity contribution in [3.05, 3.63) is 10.3 Å². The van der Waals surface area contributed by atoms with E-state index in [-0.39, 0.29) is 0 Å². The lowest BCUT2D eigenvalue weighted by atomic mass is 10.3. The zero-order valence-corrected chi connectivity index (χ0v) is 6.54. The fourth-order valence-electron chi connectivity index (χ4n) is 0.243. The van der Waals surface area contributed by atoms with Crippen LogP contribution in [0.3, 0.4) is 0 Å². The van der Waals surface area contributed by atoms with Crippen LogP contribution >= 0.6 is 23.2 Å². The molecule has 0 aromatic carbocycles. The second kappa shape index (κ2) is 3.33. The normalized spacial score (nSPS) is 16.0. The molecule has 0 fully saturated rings. The van der Waals surface area contributed by atoms with E-state index in [1.54, 1.807) is 0 Å². The van der Waals surface area contributed by atoms with E-state index in [9.17, 15) is 26.3 Å². The van der Waals surface area contributed by atoms with E-state index in [0.29, 0.717) is 0 Å². The van der Waals surface area contributed by atoms with Crippen LogP contribution < -0.4 is 0 Å². The van der Waals surface area contributed by atoms with Gasteiger partial charge in [0.15, 0.2) is 0 Å². The Labute approximate surface area is 72.7 Å². The number of allylic oxidation sites excluding steroid dienone is 1. The Bertz CT molecular complexity index is 200. The van der Waals surface area contributed by atoms with Gasteiger partial charge in [0.05, 0.1) is 0 Å². The van der Waals surface area contributed by atoms with E-state index in [1.807, 2.05) is 0 Å². The molecule has 0 aromatic heterocycles. The Balaban J connectivity index is 5.01. The molecule has 0 atom stereocenters. The first-order chi connectivity index (χ1) is 5.10. The highest BCUT2D eigenvalue weighted by molar-refractivity contribution is 6.38. The van der Waals surface area contributed by atoms with Crippen LogP contribution in [0.25, 0.3) is 0 Å². The SMILES string of the molecule is F/C(Cl)=C(/Cl)C(F)(F)C(F)(F)F. The van der Waals surface area contributed by atoms with Crippen LogP contribution in [-0.4, -0.2) is 12.1 Å². The highest BCUT2D eigenvalue weighted by atomic mass is 35.5. The molecule has 0 saturated carbocycles. The smallest absolute Gasteiger partial charge is 0.192 e. The minimum absolute atomic E-state index is 2.28. The van der Waals surface area contributed by atoms with E-state index in [2.05, 4.69) is 23.2 Å². The van der Waals surface area contributed by atoms with Crippen LogP contribution in [0.15, 0.2) is 10.3 Å². The van der Waals surface area contributed by atoms with Gasteiger partial charge in [-0.3, -0.25) is 0 Å². The Morgan fingerprint density at radius 3 is 1.33 bits per heavy atom. The van der Waals surface area contributed by atoms with Gasteiger partial charge in [-0.25, -0.2) is 0 Å². The van der Waals surface area contributed by atoms with Crippen molar-refractivity contribution < 1.29 is 26.3 Å². The summed E-state index contributed by atoms with van der Waals surface area (Å²) in [5.74, 6) is -5.44. The molecule has 12 heavy (non-hydrogen) atoms. The lowest BCUT2D eigenvalue weighted by molar-refractivity contribution is -0.261. The van der Waals surface area contributed by atoms with Crippen LogP contribution in [-0.2, 0) is 0 Å². The number of rotatable bonds is 1. The second-order valence-corrected chi connectivity index (χ2v) is 2.36. The van der Waals surface area contributed by atoms with Gasteiger partial charge in [0.2, 0.25) is 5.29 Å². The van der Waals surface area contributed by atoms with E-state index in [4.69, 9.17) is 0 Å². The van der Waals surface area contributed by atoms with Gasteiger partial charge in [0.1, 0.15) is 5.03 Å². The van der Waals surface area contributed by atoms with Gasteiger partial charge in [0.25, 0.3) is 0 Å². The summed E-state index contributed by atoms with van der Waals surface area (Å²) in [5, 5.41) is -4.64. The van der Waals surface area contributed by atoms with Gasteiger partial charge in [0, 0.05) is 0 Å². The van der Waals surface area contributed by atoms with Gasteiger partial charge in [-0.05, 0) is 11.6 Å². The molecule has 8 heteroatoms. The van der Waals surface area contributed by atoms with Crippen molar-refractivity contribution in [2.45, 2.75) is 12.1 Å². The maximum Gasteiger partial charge on any atom is 0.459 e. The molecule has 0 aliphatic heterocycles. The molecule has 0 aromatic rings. The van der Waals surface area contributed by atoms with Crippen molar-refractivity contribution in [3.8, 4) is 0 Å². The predicted molar refractivity (Wildman–Crippen MR) is 30.8 cm³/mol. The Morgan fingerprint density at radius 2 is 1.25 bits per heavy atom. The molecule has 0 unspecified atom stereocenters. The molecule has 72 valence electrons. The van der Waals surface area contributed by atoms with Crippen LogP contribution in [0.2, 0.25) is 0 Å². The van der Waals surface area contributed by atoms with Crippen molar-refractivity contribution in [1.29, 1.82) is 0 Å². The maximum atomic E-state index is 11.9. The second-order valence-electron chi connectivity index (χ2n) is 1.65. The first-order valence-corrected chi connectivity index (χ1v) is 3.02. The highest BCUT2D eigenvalue weighted by Gasteiger charge is 2.61. The summed E-state index contributed by atoms with van der Waals surface area (Å²) in [5.41, 5.74) is 0. The summed E-state index contributed by atoms with van der Waals surface area (Å²) < 4.78 is 69.6. The van der Waals surface area contributed by atoms with E-state index in [1.165, 1.54) is 0 Å². The third kappa shape index (κ3) is 2.20. The largest absolute Gasteiger partial charge is 0.459 e. The molecule has 0 N–H and O–H groups in total. The summed E-state index contributed by atoms with van der Waals surface area (Å²) in [6.45, 7) is 0. The van der Waals surface area contributed by atoms with Crippen molar-refractivity contribution in [1.82, 2.24) is 0 Å². The third-order valence-electron chi connectivity index (χ3n) is 0.798. The molecule has 0 aliphatic carbocycles. The summed E-state index contributed by atoms with van der Waals surface area (Å²) in [6, 6.07) is 0. The lowest BCUT2D eigenvalue weighted by Gasteiger charge is -2.17. The van der Waals surface area contributed by atoms with Crippen LogP contribution in [0, 0.1) is 0 Å². The van der Waals surface area contributed by atoms with E-state index < -0.39 is 22.4 Å². The monoisotopic (exact) mass is 232 g/mol. The molecular weight excluding hydrogens is 233 g/mol. The minimum Gasteiger partial charge on any atom is -0.192 e.